The highest BCUT2D eigenvalue weighted by Gasteiger charge is 2.16. The Kier molecular flexibility index (Phi) is 4.52. The molecule has 0 aromatic carbocycles. The molecule has 0 radical (unpaired) electrons. The van der Waals surface area contributed by atoms with Crippen LogP contribution in [-0.4, -0.2) is 32.2 Å². The van der Waals surface area contributed by atoms with Crippen LogP contribution in [0.25, 0.3) is 0 Å². The van der Waals surface area contributed by atoms with E-state index in [0.717, 1.165) is 0 Å². The number of aromatic nitrogens is 4. The van der Waals surface area contributed by atoms with E-state index < -0.39 is 5.91 Å². The molecule has 0 atom stereocenters. The normalized spacial score (nSPS) is 11.0. The molecule has 2 rings (SSSR count). The Hall–Kier alpha value is -2.44. The highest BCUT2D eigenvalue weighted by molar-refractivity contribution is 6.02. The lowest BCUT2D eigenvalue weighted by Gasteiger charge is -2.12. The summed E-state index contributed by atoms with van der Waals surface area (Å²) in [6.07, 6.45) is 1.57. The van der Waals surface area contributed by atoms with Crippen molar-refractivity contribution < 1.29 is 9.53 Å². The molecule has 0 aliphatic heterocycles. The second-order valence-corrected chi connectivity index (χ2v) is 5.18. The number of anilines is 1. The van der Waals surface area contributed by atoms with Crippen molar-refractivity contribution in [2.24, 2.45) is 0 Å². The van der Waals surface area contributed by atoms with Crippen LogP contribution in [0.5, 0.6) is 5.88 Å². The fourth-order valence-electron chi connectivity index (χ4n) is 1.62. The average Bonchev–Trinajstić information content (AvgIpc) is 2.90. The van der Waals surface area contributed by atoms with Gasteiger partial charge in [0.1, 0.15) is 11.5 Å². The summed E-state index contributed by atoms with van der Waals surface area (Å²) in [7, 11) is 0. The van der Waals surface area contributed by atoms with Crippen molar-refractivity contribution >= 4 is 11.6 Å². The zero-order valence-corrected chi connectivity index (χ0v) is 12.5. The van der Waals surface area contributed by atoms with Crippen molar-refractivity contribution in [2.75, 3.05) is 5.32 Å². The Morgan fingerprint density at radius 1 is 1.33 bits per heavy atom. The van der Waals surface area contributed by atoms with Crippen molar-refractivity contribution in [2.45, 2.75) is 39.7 Å². The van der Waals surface area contributed by atoms with Gasteiger partial charge in [0, 0.05) is 12.1 Å². The maximum absolute atomic E-state index is 12.1. The van der Waals surface area contributed by atoms with Crippen LogP contribution in [-0.2, 0) is 0 Å². The molecule has 2 heterocycles. The van der Waals surface area contributed by atoms with Crippen molar-refractivity contribution in [1.82, 2.24) is 20.2 Å². The molecule has 0 spiro atoms. The molecule has 7 heteroatoms. The molecule has 0 bridgehead atoms. The summed E-state index contributed by atoms with van der Waals surface area (Å²) in [5.74, 6) is 0.917. The molecule has 0 saturated carbocycles. The van der Waals surface area contributed by atoms with Crippen LogP contribution in [0.3, 0.4) is 0 Å². The van der Waals surface area contributed by atoms with Gasteiger partial charge in [0.2, 0.25) is 11.7 Å². The first kappa shape index (κ1) is 15.0. The highest BCUT2D eigenvalue weighted by Crippen LogP contribution is 2.22. The van der Waals surface area contributed by atoms with Gasteiger partial charge in [-0.3, -0.25) is 9.89 Å². The molecule has 0 saturated heterocycles. The van der Waals surface area contributed by atoms with E-state index in [-0.39, 0.29) is 17.8 Å². The number of hydrogen-bond donors (Lipinski definition) is 2. The number of carbonyl (C=O) groups excluding carboxylic acids is 1. The Morgan fingerprint density at radius 2 is 2.10 bits per heavy atom. The van der Waals surface area contributed by atoms with Gasteiger partial charge >= 0.3 is 0 Å². The third-order valence-electron chi connectivity index (χ3n) is 2.62. The molecule has 1 amide bonds. The molecule has 0 aliphatic carbocycles. The molecule has 0 unspecified atom stereocenters. The number of ether oxygens (including phenoxy) is 1. The van der Waals surface area contributed by atoms with Gasteiger partial charge in [-0.15, -0.1) is 5.10 Å². The van der Waals surface area contributed by atoms with Crippen LogP contribution in [0.4, 0.5) is 5.69 Å². The molecular formula is C14H19N5O2. The first-order chi connectivity index (χ1) is 9.97. The summed E-state index contributed by atoms with van der Waals surface area (Å²) in [5, 5.41) is 9.38. The number of H-pyrrole nitrogens is 1. The summed E-state index contributed by atoms with van der Waals surface area (Å²) < 4.78 is 5.55. The topological polar surface area (TPSA) is 92.8 Å². The lowest BCUT2D eigenvalue weighted by molar-refractivity contribution is 0.101. The molecular weight excluding hydrogens is 270 g/mol. The zero-order chi connectivity index (χ0) is 15.4. The van der Waals surface area contributed by atoms with Gasteiger partial charge in [-0.05, 0) is 26.0 Å². The Bertz CT molecular complexity index is 621. The predicted octanol–water partition coefficient (Wildman–Crippen LogP) is 2.36. The number of hydrogen-bond acceptors (Lipinski definition) is 5. The summed E-state index contributed by atoms with van der Waals surface area (Å²) >= 11 is 0. The first-order valence-electron chi connectivity index (χ1n) is 6.82. The van der Waals surface area contributed by atoms with E-state index >= 15 is 0 Å². The van der Waals surface area contributed by atoms with E-state index in [0.29, 0.717) is 17.4 Å². The maximum Gasteiger partial charge on any atom is 0.295 e. The smallest absolute Gasteiger partial charge is 0.295 e. The van der Waals surface area contributed by atoms with Crippen LogP contribution >= 0.6 is 0 Å². The van der Waals surface area contributed by atoms with E-state index in [1.165, 1.54) is 0 Å². The van der Waals surface area contributed by atoms with Gasteiger partial charge in [0.15, 0.2) is 0 Å². The SMILES string of the molecule is CC(C)Oc1ncccc1NC(=O)c1n[nH]c(C(C)C)n1. The number of nitrogens with zero attached hydrogens (tertiary/aromatic N) is 3. The number of rotatable bonds is 5. The van der Waals surface area contributed by atoms with E-state index in [4.69, 9.17) is 4.74 Å². The van der Waals surface area contributed by atoms with Crippen LogP contribution < -0.4 is 10.1 Å². The molecule has 2 N–H and O–H groups in total. The molecule has 112 valence electrons. The minimum absolute atomic E-state index is 0.0356. The third-order valence-corrected chi connectivity index (χ3v) is 2.62. The summed E-state index contributed by atoms with van der Waals surface area (Å²) in [4.78, 5) is 20.4. The Balaban J connectivity index is 2.15. The Labute approximate surface area is 123 Å². The van der Waals surface area contributed by atoms with E-state index in [2.05, 4.69) is 25.5 Å². The van der Waals surface area contributed by atoms with Crippen molar-refractivity contribution in [1.29, 1.82) is 0 Å². The van der Waals surface area contributed by atoms with Crippen molar-refractivity contribution in [3.8, 4) is 5.88 Å². The second-order valence-electron chi connectivity index (χ2n) is 5.18. The molecule has 0 fully saturated rings. The molecule has 2 aromatic heterocycles. The van der Waals surface area contributed by atoms with Crippen LogP contribution in [0.1, 0.15) is 50.1 Å². The first-order valence-corrected chi connectivity index (χ1v) is 6.82. The van der Waals surface area contributed by atoms with Crippen molar-refractivity contribution in [3.05, 3.63) is 30.0 Å². The third kappa shape index (κ3) is 3.77. The van der Waals surface area contributed by atoms with E-state index in [1.807, 2.05) is 27.7 Å². The number of nitrogens with one attached hydrogen (secondary N) is 2. The van der Waals surface area contributed by atoms with Gasteiger partial charge in [0.05, 0.1) is 6.10 Å². The standard InChI is InChI=1S/C14H19N5O2/c1-8(2)11-17-12(19-18-11)13(20)16-10-6-5-7-15-14(10)21-9(3)4/h5-9H,1-4H3,(H,16,20)(H,17,18,19). The lowest BCUT2D eigenvalue weighted by atomic mass is 10.2. The van der Waals surface area contributed by atoms with Crippen LogP contribution in [0.2, 0.25) is 0 Å². The monoisotopic (exact) mass is 289 g/mol. The minimum atomic E-state index is -0.403. The van der Waals surface area contributed by atoms with Gasteiger partial charge in [-0.1, -0.05) is 13.8 Å². The van der Waals surface area contributed by atoms with Crippen LogP contribution in [0.15, 0.2) is 18.3 Å². The maximum atomic E-state index is 12.1. The molecule has 7 nitrogen and oxygen atoms in total. The molecule has 0 aliphatic rings. The zero-order valence-electron chi connectivity index (χ0n) is 12.5. The summed E-state index contributed by atoms with van der Waals surface area (Å²) in [6, 6.07) is 3.44. The quantitative estimate of drug-likeness (QED) is 0.881. The van der Waals surface area contributed by atoms with Crippen LogP contribution in [0, 0.1) is 0 Å². The predicted molar refractivity (Wildman–Crippen MR) is 78.4 cm³/mol. The largest absolute Gasteiger partial charge is 0.473 e. The van der Waals surface area contributed by atoms with Crippen molar-refractivity contribution in [3.63, 3.8) is 0 Å². The second kappa shape index (κ2) is 6.34. The number of pyridine rings is 1. The van der Waals surface area contributed by atoms with E-state index in [1.54, 1.807) is 18.3 Å². The van der Waals surface area contributed by atoms with Gasteiger partial charge in [-0.25, -0.2) is 9.97 Å². The number of carbonyl (C=O) groups is 1. The summed E-state index contributed by atoms with van der Waals surface area (Å²) in [5.41, 5.74) is 0.493. The van der Waals surface area contributed by atoms with E-state index in [9.17, 15) is 4.79 Å². The average molecular weight is 289 g/mol. The summed E-state index contributed by atoms with van der Waals surface area (Å²) in [6.45, 7) is 7.73. The van der Waals surface area contributed by atoms with Gasteiger partial charge in [0.25, 0.3) is 5.91 Å². The highest BCUT2D eigenvalue weighted by atomic mass is 16.5. The molecule has 2 aromatic rings. The Morgan fingerprint density at radius 3 is 2.71 bits per heavy atom. The number of aromatic amines is 1. The van der Waals surface area contributed by atoms with Gasteiger partial charge < -0.3 is 10.1 Å². The minimum Gasteiger partial charge on any atom is -0.473 e. The fourth-order valence-corrected chi connectivity index (χ4v) is 1.62. The molecule has 21 heavy (non-hydrogen) atoms. The fraction of sp³-hybridized carbons (Fsp3) is 0.429. The lowest BCUT2D eigenvalue weighted by Crippen LogP contribution is -2.16. The van der Waals surface area contributed by atoms with Gasteiger partial charge in [-0.2, -0.15) is 0 Å². The number of amides is 1.